The van der Waals surface area contributed by atoms with E-state index in [0.29, 0.717) is 0 Å². The van der Waals surface area contributed by atoms with Crippen LogP contribution < -0.4 is 5.32 Å². The molecule has 5 unspecified atom stereocenters. The SMILES string of the molecule is CC(=O)OCC1OC(N2CC(Br)C(=O)NC2=O)C(OC(C)=O)C1OC(C)=O. The highest BCUT2D eigenvalue weighted by molar-refractivity contribution is 9.10. The number of carbonyl (C=O) groups is 5. The Bertz CT molecular complexity index is 655. The summed E-state index contributed by atoms with van der Waals surface area (Å²) in [6.45, 7) is 3.14. The number of esters is 3. The second-order valence-electron chi connectivity index (χ2n) is 5.93. The van der Waals surface area contributed by atoms with Crippen LogP contribution >= 0.6 is 15.9 Å². The highest BCUT2D eigenvalue weighted by Crippen LogP contribution is 2.31. The van der Waals surface area contributed by atoms with Gasteiger partial charge in [0.2, 0.25) is 5.91 Å². The zero-order valence-corrected chi connectivity index (χ0v) is 16.4. The second-order valence-corrected chi connectivity index (χ2v) is 7.04. The predicted molar refractivity (Wildman–Crippen MR) is 89.4 cm³/mol. The van der Waals surface area contributed by atoms with Crippen LogP contribution in [0.4, 0.5) is 4.79 Å². The van der Waals surface area contributed by atoms with Crippen molar-refractivity contribution in [1.29, 1.82) is 0 Å². The number of amides is 3. The number of ether oxygens (including phenoxy) is 4. The number of halogens is 1. The van der Waals surface area contributed by atoms with Crippen molar-refractivity contribution < 1.29 is 42.9 Å². The van der Waals surface area contributed by atoms with E-state index in [2.05, 4.69) is 21.2 Å². The largest absolute Gasteiger partial charge is 0.463 e. The van der Waals surface area contributed by atoms with Gasteiger partial charge in [0.15, 0.2) is 18.4 Å². The number of imide groups is 1. The van der Waals surface area contributed by atoms with Gasteiger partial charge in [0, 0.05) is 27.3 Å². The molecule has 27 heavy (non-hydrogen) atoms. The molecule has 0 saturated carbocycles. The summed E-state index contributed by atoms with van der Waals surface area (Å²) in [6, 6.07) is -0.757. The number of rotatable bonds is 5. The number of hydrogen-bond donors (Lipinski definition) is 1. The highest BCUT2D eigenvalue weighted by atomic mass is 79.9. The Kier molecular flexibility index (Phi) is 6.76. The Morgan fingerprint density at radius 3 is 2.26 bits per heavy atom. The standard InChI is InChI=1S/C15H19BrN2O9/c1-6(19)24-5-10-11(25-7(2)20)12(26-8(3)21)14(27-10)18-4-9(16)13(22)17-15(18)23/h9-12,14H,4-5H2,1-3H3,(H,17,22,23). The second kappa shape index (κ2) is 8.65. The van der Waals surface area contributed by atoms with Gasteiger partial charge in [0.25, 0.3) is 0 Å². The van der Waals surface area contributed by atoms with Crippen LogP contribution in [0.1, 0.15) is 20.8 Å². The minimum Gasteiger partial charge on any atom is -0.463 e. The smallest absolute Gasteiger partial charge is 0.326 e. The van der Waals surface area contributed by atoms with Crippen molar-refractivity contribution >= 4 is 45.8 Å². The van der Waals surface area contributed by atoms with E-state index < -0.39 is 59.2 Å². The van der Waals surface area contributed by atoms with Gasteiger partial charge in [-0.05, 0) is 0 Å². The van der Waals surface area contributed by atoms with Crippen molar-refractivity contribution in [2.75, 3.05) is 13.2 Å². The first-order chi connectivity index (χ1) is 12.6. The Hall–Kier alpha value is -2.21. The maximum atomic E-state index is 12.2. The van der Waals surface area contributed by atoms with Gasteiger partial charge in [-0.2, -0.15) is 0 Å². The van der Waals surface area contributed by atoms with Crippen molar-refractivity contribution in [2.24, 2.45) is 0 Å². The van der Waals surface area contributed by atoms with Gasteiger partial charge in [-0.15, -0.1) is 0 Å². The lowest BCUT2D eigenvalue weighted by atomic mass is 10.1. The van der Waals surface area contributed by atoms with Crippen LogP contribution in [-0.2, 0) is 38.1 Å². The van der Waals surface area contributed by atoms with Crippen molar-refractivity contribution in [1.82, 2.24) is 10.2 Å². The molecule has 2 fully saturated rings. The molecular formula is C15H19BrN2O9. The summed E-state index contributed by atoms with van der Waals surface area (Å²) in [5.74, 6) is -2.48. The van der Waals surface area contributed by atoms with Gasteiger partial charge < -0.3 is 18.9 Å². The third-order valence-corrected chi connectivity index (χ3v) is 4.49. The molecule has 0 radical (unpaired) electrons. The highest BCUT2D eigenvalue weighted by Gasteiger charge is 2.54. The molecule has 0 aromatic rings. The normalized spacial score (nSPS) is 30.5. The van der Waals surface area contributed by atoms with Gasteiger partial charge in [-0.3, -0.25) is 29.4 Å². The molecule has 150 valence electrons. The number of urea groups is 1. The molecule has 11 nitrogen and oxygen atoms in total. The molecule has 0 aromatic carbocycles. The Morgan fingerprint density at radius 2 is 1.70 bits per heavy atom. The van der Waals surface area contributed by atoms with E-state index in [9.17, 15) is 24.0 Å². The van der Waals surface area contributed by atoms with Crippen LogP contribution in [0, 0.1) is 0 Å². The van der Waals surface area contributed by atoms with Crippen LogP contribution in [0.5, 0.6) is 0 Å². The molecule has 0 bridgehead atoms. The van der Waals surface area contributed by atoms with Crippen LogP contribution in [0.2, 0.25) is 0 Å². The topological polar surface area (TPSA) is 138 Å². The maximum Gasteiger partial charge on any atom is 0.326 e. The summed E-state index contributed by atoms with van der Waals surface area (Å²) in [7, 11) is 0. The van der Waals surface area contributed by atoms with Crippen LogP contribution in [-0.4, -0.2) is 77.3 Å². The first-order valence-corrected chi connectivity index (χ1v) is 8.90. The molecule has 2 aliphatic rings. The number of hydrogen-bond acceptors (Lipinski definition) is 9. The molecule has 2 aliphatic heterocycles. The van der Waals surface area contributed by atoms with Crippen molar-refractivity contribution in [2.45, 2.75) is 50.1 Å². The van der Waals surface area contributed by atoms with Crippen molar-refractivity contribution in [3.8, 4) is 0 Å². The number of carbonyl (C=O) groups excluding carboxylic acids is 5. The minimum absolute atomic E-state index is 0.0693. The summed E-state index contributed by atoms with van der Waals surface area (Å²) in [4.78, 5) is 58.4. The molecule has 5 atom stereocenters. The molecule has 0 aliphatic carbocycles. The molecule has 12 heteroatoms. The average Bonchev–Trinajstić information content (AvgIpc) is 2.85. The Balaban J connectivity index is 2.30. The van der Waals surface area contributed by atoms with E-state index in [1.165, 1.54) is 6.92 Å². The first-order valence-electron chi connectivity index (χ1n) is 7.99. The molecule has 0 aromatic heterocycles. The third-order valence-electron chi connectivity index (χ3n) is 3.78. The number of nitrogens with zero attached hydrogens (tertiary/aromatic N) is 1. The van der Waals surface area contributed by atoms with Gasteiger partial charge in [-0.1, -0.05) is 15.9 Å². The van der Waals surface area contributed by atoms with Gasteiger partial charge in [0.1, 0.15) is 17.5 Å². The van der Waals surface area contributed by atoms with Gasteiger partial charge in [0.05, 0.1) is 0 Å². The lowest BCUT2D eigenvalue weighted by Crippen LogP contribution is -2.61. The minimum atomic E-state index is -1.18. The van der Waals surface area contributed by atoms with Crippen molar-refractivity contribution in [3.05, 3.63) is 0 Å². The summed E-state index contributed by atoms with van der Waals surface area (Å²) >= 11 is 3.14. The Labute approximate surface area is 162 Å². The average molecular weight is 451 g/mol. The fraction of sp³-hybridized carbons (Fsp3) is 0.667. The fourth-order valence-corrected chi connectivity index (χ4v) is 3.18. The Morgan fingerprint density at radius 1 is 1.11 bits per heavy atom. The van der Waals surface area contributed by atoms with Crippen molar-refractivity contribution in [3.63, 3.8) is 0 Å². The molecule has 2 saturated heterocycles. The number of alkyl halides is 1. The van der Waals surface area contributed by atoms with Gasteiger partial charge in [-0.25, -0.2) is 4.79 Å². The fourth-order valence-electron chi connectivity index (χ4n) is 2.76. The monoisotopic (exact) mass is 450 g/mol. The molecular weight excluding hydrogens is 432 g/mol. The lowest BCUT2D eigenvalue weighted by molar-refractivity contribution is -0.167. The zero-order chi connectivity index (χ0) is 20.3. The molecule has 2 heterocycles. The zero-order valence-electron chi connectivity index (χ0n) is 14.8. The predicted octanol–water partition coefficient (Wildman–Crippen LogP) is -0.547. The summed E-state index contributed by atoms with van der Waals surface area (Å²) in [5.41, 5.74) is 0. The van der Waals surface area contributed by atoms with E-state index >= 15 is 0 Å². The van der Waals surface area contributed by atoms with Gasteiger partial charge >= 0.3 is 23.9 Å². The summed E-state index contributed by atoms with van der Waals surface area (Å²) < 4.78 is 21.1. The van der Waals surface area contributed by atoms with E-state index in [1.807, 2.05) is 0 Å². The van der Waals surface area contributed by atoms with E-state index in [0.717, 1.165) is 18.7 Å². The maximum absolute atomic E-state index is 12.2. The molecule has 2 rings (SSSR count). The van der Waals surface area contributed by atoms with E-state index in [-0.39, 0.29) is 13.2 Å². The van der Waals surface area contributed by atoms with E-state index in [1.54, 1.807) is 0 Å². The first kappa shape index (κ1) is 21.1. The molecule has 1 N–H and O–H groups in total. The quantitative estimate of drug-likeness (QED) is 0.332. The van der Waals surface area contributed by atoms with Crippen LogP contribution in [0.15, 0.2) is 0 Å². The van der Waals surface area contributed by atoms with Crippen LogP contribution in [0.25, 0.3) is 0 Å². The lowest BCUT2D eigenvalue weighted by Gasteiger charge is -2.35. The molecule has 3 amide bonds. The van der Waals surface area contributed by atoms with Crippen LogP contribution in [0.3, 0.4) is 0 Å². The van der Waals surface area contributed by atoms with E-state index in [4.69, 9.17) is 18.9 Å². The number of nitrogens with one attached hydrogen (secondary N) is 1. The summed E-state index contributed by atoms with van der Waals surface area (Å²) in [6.07, 6.45) is -4.43. The summed E-state index contributed by atoms with van der Waals surface area (Å²) in [5, 5.41) is 2.14. The third kappa shape index (κ3) is 5.16. The molecule has 0 spiro atoms.